The highest BCUT2D eigenvalue weighted by atomic mass is 16.5. The van der Waals surface area contributed by atoms with Crippen LogP contribution < -0.4 is 5.32 Å². The molecule has 0 fully saturated rings. The van der Waals surface area contributed by atoms with Crippen molar-refractivity contribution in [1.82, 2.24) is 9.78 Å². The molecule has 1 heterocycles. The summed E-state index contributed by atoms with van der Waals surface area (Å²) in [7, 11) is 1.34. The number of nitrogens with zero attached hydrogens (tertiary/aromatic N) is 2. The number of rotatable bonds is 3. The van der Waals surface area contributed by atoms with Crippen molar-refractivity contribution in [3.05, 3.63) is 82.7 Å². The van der Waals surface area contributed by atoms with Crippen LogP contribution in [0.1, 0.15) is 58.3 Å². The minimum atomic E-state index is -0.404. The number of methoxy groups -OCH3 is 1. The molecule has 0 saturated heterocycles. The number of carbonyl (C=O) groups is 2. The summed E-state index contributed by atoms with van der Waals surface area (Å²) >= 11 is 0. The summed E-state index contributed by atoms with van der Waals surface area (Å²) in [5.74, 6) is 5.48. The smallest absolute Gasteiger partial charge is 0.337 e. The molecule has 0 bridgehead atoms. The maximum absolute atomic E-state index is 12.8. The molecule has 1 aromatic heterocycles. The number of hydrogen-bond donors (Lipinski definition) is 1. The van der Waals surface area contributed by atoms with Gasteiger partial charge in [0.15, 0.2) is 0 Å². The zero-order valence-electron chi connectivity index (χ0n) is 18.3. The molecule has 0 aliphatic carbocycles. The molecule has 1 N–H and O–H groups in total. The van der Waals surface area contributed by atoms with Gasteiger partial charge in [-0.2, -0.15) is 5.10 Å². The molecule has 0 unspecified atom stereocenters. The van der Waals surface area contributed by atoms with E-state index in [2.05, 4.69) is 22.3 Å². The average Bonchev–Trinajstić information content (AvgIpc) is 3.14. The Morgan fingerprint density at radius 3 is 2.29 bits per heavy atom. The van der Waals surface area contributed by atoms with Crippen LogP contribution in [-0.2, 0) is 10.3 Å². The van der Waals surface area contributed by atoms with Crippen molar-refractivity contribution >= 4 is 17.6 Å². The van der Waals surface area contributed by atoms with Crippen LogP contribution in [-0.4, -0.2) is 28.8 Å². The summed E-state index contributed by atoms with van der Waals surface area (Å²) in [6.45, 7) is 8.00. The molecule has 0 radical (unpaired) electrons. The van der Waals surface area contributed by atoms with Crippen molar-refractivity contribution in [3.8, 4) is 11.8 Å². The molecule has 2 aromatic carbocycles. The molecule has 31 heavy (non-hydrogen) atoms. The third-order valence-corrected chi connectivity index (χ3v) is 4.65. The quantitative estimate of drug-likeness (QED) is 0.509. The number of amides is 1. The summed E-state index contributed by atoms with van der Waals surface area (Å²) < 4.78 is 6.58. The topological polar surface area (TPSA) is 73.2 Å². The fourth-order valence-electron chi connectivity index (χ4n) is 3.17. The molecule has 0 atom stereocenters. The van der Waals surface area contributed by atoms with Gasteiger partial charge in [-0.1, -0.05) is 24.0 Å². The SMILES string of the molecule is COC(=O)c1cccc(C#Cc2cccc(NC(=O)c3cnn(C(C)(C)C)c3C)c2)c1. The highest BCUT2D eigenvalue weighted by Crippen LogP contribution is 2.20. The first kappa shape index (κ1) is 21.8. The number of ether oxygens (including phenoxy) is 1. The van der Waals surface area contributed by atoms with Crippen molar-refractivity contribution in [3.63, 3.8) is 0 Å². The third-order valence-electron chi connectivity index (χ3n) is 4.65. The van der Waals surface area contributed by atoms with Gasteiger partial charge in [0, 0.05) is 22.5 Å². The summed E-state index contributed by atoms with van der Waals surface area (Å²) in [5, 5.41) is 7.27. The number of carbonyl (C=O) groups excluding carboxylic acids is 2. The Bertz CT molecular complexity index is 1190. The lowest BCUT2D eigenvalue weighted by molar-refractivity contribution is 0.0600. The number of anilines is 1. The van der Waals surface area contributed by atoms with E-state index in [-0.39, 0.29) is 11.4 Å². The van der Waals surface area contributed by atoms with Crippen LogP contribution in [0.3, 0.4) is 0 Å². The Morgan fingerprint density at radius 2 is 1.68 bits per heavy atom. The van der Waals surface area contributed by atoms with Gasteiger partial charge in [0.25, 0.3) is 5.91 Å². The second kappa shape index (κ2) is 8.88. The summed E-state index contributed by atoms with van der Waals surface area (Å²) in [5.41, 5.74) is 3.66. The van der Waals surface area contributed by atoms with E-state index in [1.54, 1.807) is 30.5 Å². The summed E-state index contributed by atoms with van der Waals surface area (Å²) in [4.78, 5) is 24.4. The molecular formula is C25H25N3O3. The normalized spacial score (nSPS) is 10.7. The molecule has 158 valence electrons. The molecule has 1 amide bonds. The second-order valence-corrected chi connectivity index (χ2v) is 8.08. The Morgan fingerprint density at radius 1 is 1.03 bits per heavy atom. The lowest BCUT2D eigenvalue weighted by Crippen LogP contribution is -2.25. The van der Waals surface area contributed by atoms with Crippen LogP contribution in [0.25, 0.3) is 0 Å². The minimum absolute atomic E-state index is 0.205. The van der Waals surface area contributed by atoms with E-state index in [9.17, 15) is 9.59 Å². The Kier molecular flexibility index (Phi) is 6.26. The molecule has 0 saturated carbocycles. The summed E-state index contributed by atoms with van der Waals surface area (Å²) in [6.07, 6.45) is 1.59. The fourth-order valence-corrected chi connectivity index (χ4v) is 3.17. The molecular weight excluding hydrogens is 390 g/mol. The number of benzene rings is 2. The second-order valence-electron chi connectivity index (χ2n) is 8.08. The van der Waals surface area contributed by atoms with Gasteiger partial charge in [0.05, 0.1) is 30.0 Å². The monoisotopic (exact) mass is 415 g/mol. The predicted octanol–water partition coefficient (Wildman–Crippen LogP) is 4.39. The van der Waals surface area contributed by atoms with Gasteiger partial charge in [0.2, 0.25) is 0 Å². The van der Waals surface area contributed by atoms with Crippen LogP contribution >= 0.6 is 0 Å². The lowest BCUT2D eigenvalue weighted by Gasteiger charge is -2.21. The molecule has 6 nitrogen and oxygen atoms in total. The van der Waals surface area contributed by atoms with Crippen LogP contribution in [0, 0.1) is 18.8 Å². The predicted molar refractivity (Wildman–Crippen MR) is 120 cm³/mol. The van der Waals surface area contributed by atoms with Crippen LogP contribution in [0.5, 0.6) is 0 Å². The van der Waals surface area contributed by atoms with Crippen LogP contribution in [0.15, 0.2) is 54.7 Å². The van der Waals surface area contributed by atoms with Crippen molar-refractivity contribution in [1.29, 1.82) is 0 Å². The average molecular weight is 415 g/mol. The van der Waals surface area contributed by atoms with Gasteiger partial charge in [-0.15, -0.1) is 0 Å². The standard InChI is InChI=1S/C25H25N3O3/c1-17-22(16-26-28(17)25(2,3)4)23(29)27-21-11-7-9-19(15-21)13-12-18-8-6-10-20(14-18)24(30)31-5/h6-11,14-16H,1-5H3,(H,27,29). The maximum Gasteiger partial charge on any atom is 0.337 e. The van der Waals surface area contributed by atoms with Crippen LogP contribution in [0.2, 0.25) is 0 Å². The zero-order valence-corrected chi connectivity index (χ0v) is 18.3. The molecule has 3 rings (SSSR count). The lowest BCUT2D eigenvalue weighted by atomic mass is 10.1. The molecule has 3 aromatic rings. The third kappa shape index (κ3) is 5.20. The van der Waals surface area contributed by atoms with Gasteiger partial charge < -0.3 is 10.1 Å². The maximum atomic E-state index is 12.8. The molecule has 0 aliphatic rings. The van der Waals surface area contributed by atoms with Gasteiger partial charge in [-0.3, -0.25) is 9.48 Å². The van der Waals surface area contributed by atoms with Gasteiger partial charge in [0.1, 0.15) is 0 Å². The highest BCUT2D eigenvalue weighted by Gasteiger charge is 2.21. The number of aromatic nitrogens is 2. The first-order valence-corrected chi connectivity index (χ1v) is 9.86. The van der Waals surface area contributed by atoms with Crippen LogP contribution in [0.4, 0.5) is 5.69 Å². The molecule has 6 heteroatoms. The fraction of sp³-hybridized carbons (Fsp3) is 0.240. The first-order chi connectivity index (χ1) is 14.7. The molecule has 0 spiro atoms. The minimum Gasteiger partial charge on any atom is -0.465 e. The molecule has 0 aliphatic heterocycles. The number of esters is 1. The van der Waals surface area contributed by atoms with Gasteiger partial charge >= 0.3 is 5.97 Å². The van der Waals surface area contributed by atoms with Crippen molar-refractivity contribution in [2.75, 3.05) is 12.4 Å². The van der Waals surface area contributed by atoms with E-state index in [0.29, 0.717) is 22.4 Å². The van der Waals surface area contributed by atoms with E-state index in [0.717, 1.165) is 11.3 Å². The van der Waals surface area contributed by atoms with Gasteiger partial charge in [-0.05, 0) is 64.1 Å². The van der Waals surface area contributed by atoms with Gasteiger partial charge in [-0.25, -0.2) is 4.79 Å². The van der Waals surface area contributed by atoms with Crippen molar-refractivity contribution < 1.29 is 14.3 Å². The van der Waals surface area contributed by atoms with E-state index in [1.807, 2.05) is 56.6 Å². The van der Waals surface area contributed by atoms with E-state index < -0.39 is 5.97 Å². The Balaban J connectivity index is 1.78. The van der Waals surface area contributed by atoms with Crippen molar-refractivity contribution in [2.24, 2.45) is 0 Å². The number of hydrogen-bond acceptors (Lipinski definition) is 4. The van der Waals surface area contributed by atoms with E-state index in [4.69, 9.17) is 4.74 Å². The number of nitrogens with one attached hydrogen (secondary N) is 1. The zero-order chi connectivity index (χ0) is 22.6. The highest BCUT2D eigenvalue weighted by molar-refractivity contribution is 6.05. The first-order valence-electron chi connectivity index (χ1n) is 9.86. The van der Waals surface area contributed by atoms with E-state index >= 15 is 0 Å². The Labute approximate surface area is 182 Å². The Hall–Kier alpha value is -3.85. The van der Waals surface area contributed by atoms with Crippen molar-refractivity contribution in [2.45, 2.75) is 33.2 Å². The summed E-state index contributed by atoms with van der Waals surface area (Å²) in [6, 6.07) is 14.2. The largest absolute Gasteiger partial charge is 0.465 e. The van der Waals surface area contributed by atoms with E-state index in [1.165, 1.54) is 7.11 Å².